The van der Waals surface area contributed by atoms with Gasteiger partial charge in [-0.15, -0.1) is 0 Å². The van der Waals surface area contributed by atoms with Gasteiger partial charge in [0.1, 0.15) is 6.04 Å². The number of aliphatic carboxylic acids is 1. The molecule has 0 saturated heterocycles. The molecule has 8 heteroatoms. The van der Waals surface area contributed by atoms with Crippen molar-refractivity contribution in [2.24, 2.45) is 5.73 Å². The normalized spacial score (nSPS) is 13.4. The van der Waals surface area contributed by atoms with Crippen LogP contribution in [0.2, 0.25) is 0 Å². The van der Waals surface area contributed by atoms with Crippen LogP contribution in [0.5, 0.6) is 0 Å². The van der Waals surface area contributed by atoms with Crippen molar-refractivity contribution in [1.29, 1.82) is 0 Å². The monoisotopic (exact) mass is 291 g/mol. The van der Waals surface area contributed by atoms with Crippen LogP contribution in [0.25, 0.3) is 0 Å². The Hall–Kier alpha value is -1.44. The maximum Gasteiger partial charge on any atom is 0.326 e. The van der Waals surface area contributed by atoms with Crippen LogP contribution in [0.1, 0.15) is 26.2 Å². The quantitative estimate of drug-likeness (QED) is 0.481. The van der Waals surface area contributed by atoms with Crippen molar-refractivity contribution in [3.8, 4) is 0 Å². The summed E-state index contributed by atoms with van der Waals surface area (Å²) in [5, 5.41) is 13.9. The standard InChI is InChI=1S/C11H21N3O4S/c1-7(5-6-19-2)13-11(18)14-8(10(16)17)3-4-9(12)15/h7-8H,3-6H2,1-2H3,(H2,12,15)(H,16,17)(H2,13,14,18)/t7?,8-/m1/s1. The summed E-state index contributed by atoms with van der Waals surface area (Å²) in [6.07, 6.45) is 2.67. The van der Waals surface area contributed by atoms with Gasteiger partial charge < -0.3 is 21.5 Å². The number of amides is 3. The SMILES string of the molecule is CSCCC(C)NC(=O)N[C@H](CCC(N)=O)C(=O)O. The summed E-state index contributed by atoms with van der Waals surface area (Å²) in [4.78, 5) is 33.1. The number of urea groups is 1. The number of hydrogen-bond acceptors (Lipinski definition) is 4. The average Bonchev–Trinajstić information content (AvgIpc) is 2.31. The van der Waals surface area contributed by atoms with E-state index in [4.69, 9.17) is 10.8 Å². The Balaban J connectivity index is 4.16. The van der Waals surface area contributed by atoms with Gasteiger partial charge in [-0.1, -0.05) is 0 Å². The first kappa shape index (κ1) is 17.6. The highest BCUT2D eigenvalue weighted by molar-refractivity contribution is 7.98. The smallest absolute Gasteiger partial charge is 0.326 e. The van der Waals surface area contributed by atoms with Crippen LogP contribution < -0.4 is 16.4 Å². The van der Waals surface area contributed by atoms with E-state index in [-0.39, 0.29) is 18.9 Å². The van der Waals surface area contributed by atoms with E-state index in [9.17, 15) is 14.4 Å². The number of carbonyl (C=O) groups is 3. The Morgan fingerprint density at radius 3 is 2.37 bits per heavy atom. The number of carbonyl (C=O) groups excluding carboxylic acids is 2. The summed E-state index contributed by atoms with van der Waals surface area (Å²) in [6.45, 7) is 1.84. The average molecular weight is 291 g/mol. The third-order valence-electron chi connectivity index (χ3n) is 2.42. The first-order chi connectivity index (χ1) is 8.86. The van der Waals surface area contributed by atoms with Crippen molar-refractivity contribution in [2.75, 3.05) is 12.0 Å². The fourth-order valence-electron chi connectivity index (χ4n) is 1.33. The van der Waals surface area contributed by atoms with E-state index in [2.05, 4.69) is 10.6 Å². The highest BCUT2D eigenvalue weighted by Crippen LogP contribution is 2.01. The van der Waals surface area contributed by atoms with Gasteiger partial charge in [0.25, 0.3) is 0 Å². The molecule has 0 aromatic carbocycles. The third-order valence-corrected chi connectivity index (χ3v) is 3.06. The molecule has 7 nitrogen and oxygen atoms in total. The summed E-state index contributed by atoms with van der Waals surface area (Å²) in [6, 6.07) is -1.70. The van der Waals surface area contributed by atoms with E-state index in [0.717, 1.165) is 12.2 Å². The number of thioether (sulfide) groups is 1. The van der Waals surface area contributed by atoms with Crippen molar-refractivity contribution in [1.82, 2.24) is 10.6 Å². The second kappa shape index (κ2) is 9.48. The van der Waals surface area contributed by atoms with Gasteiger partial charge in [-0.3, -0.25) is 4.79 Å². The van der Waals surface area contributed by atoms with Gasteiger partial charge in [0, 0.05) is 12.5 Å². The van der Waals surface area contributed by atoms with Crippen molar-refractivity contribution < 1.29 is 19.5 Å². The molecule has 0 saturated carbocycles. The minimum absolute atomic E-state index is 0.0166. The van der Waals surface area contributed by atoms with Crippen LogP contribution in [0.15, 0.2) is 0 Å². The number of carboxylic acid groups (broad SMARTS) is 1. The summed E-state index contributed by atoms with van der Waals surface area (Å²) in [7, 11) is 0. The predicted molar refractivity (Wildman–Crippen MR) is 74.0 cm³/mol. The van der Waals surface area contributed by atoms with Gasteiger partial charge in [0.2, 0.25) is 5.91 Å². The Bertz CT molecular complexity index is 325. The molecule has 5 N–H and O–H groups in total. The van der Waals surface area contributed by atoms with Crippen LogP contribution in [0, 0.1) is 0 Å². The molecule has 0 aliphatic heterocycles. The first-order valence-electron chi connectivity index (χ1n) is 5.94. The minimum Gasteiger partial charge on any atom is -0.480 e. The first-order valence-corrected chi connectivity index (χ1v) is 7.33. The highest BCUT2D eigenvalue weighted by atomic mass is 32.2. The van der Waals surface area contributed by atoms with Gasteiger partial charge in [0.05, 0.1) is 0 Å². The molecule has 1 unspecified atom stereocenters. The molecule has 0 bridgehead atoms. The van der Waals surface area contributed by atoms with E-state index in [1.165, 1.54) is 0 Å². The number of nitrogens with one attached hydrogen (secondary N) is 2. The molecule has 0 rings (SSSR count). The zero-order valence-corrected chi connectivity index (χ0v) is 12.0. The summed E-state index contributed by atoms with van der Waals surface area (Å²) in [5.41, 5.74) is 4.94. The lowest BCUT2D eigenvalue weighted by atomic mass is 10.1. The molecule has 0 spiro atoms. The second-order valence-corrected chi connectivity index (χ2v) is 5.18. The molecule has 2 atom stereocenters. The lowest BCUT2D eigenvalue weighted by Gasteiger charge is -2.17. The van der Waals surface area contributed by atoms with E-state index < -0.39 is 23.9 Å². The van der Waals surface area contributed by atoms with Gasteiger partial charge in [-0.25, -0.2) is 9.59 Å². The van der Waals surface area contributed by atoms with Crippen molar-refractivity contribution in [3.05, 3.63) is 0 Å². The van der Waals surface area contributed by atoms with E-state index in [1.54, 1.807) is 11.8 Å². The Kier molecular flexibility index (Phi) is 8.77. The number of hydrogen-bond donors (Lipinski definition) is 4. The molecule has 0 radical (unpaired) electrons. The van der Waals surface area contributed by atoms with Gasteiger partial charge in [0.15, 0.2) is 0 Å². The number of nitrogens with two attached hydrogens (primary N) is 1. The van der Waals surface area contributed by atoms with Crippen LogP contribution in [0.4, 0.5) is 4.79 Å². The van der Waals surface area contributed by atoms with Crippen LogP contribution >= 0.6 is 11.8 Å². The molecular weight excluding hydrogens is 270 g/mol. The Morgan fingerprint density at radius 1 is 1.26 bits per heavy atom. The lowest BCUT2D eigenvalue weighted by Crippen LogP contribution is -2.48. The molecule has 0 heterocycles. The van der Waals surface area contributed by atoms with E-state index in [1.807, 2.05) is 13.2 Å². The van der Waals surface area contributed by atoms with Gasteiger partial charge in [-0.2, -0.15) is 11.8 Å². The summed E-state index contributed by atoms with van der Waals surface area (Å²) < 4.78 is 0. The number of rotatable bonds is 9. The molecule has 0 aliphatic rings. The molecule has 0 fully saturated rings. The lowest BCUT2D eigenvalue weighted by molar-refractivity contribution is -0.139. The second-order valence-electron chi connectivity index (χ2n) is 4.20. The maximum atomic E-state index is 11.6. The third kappa shape index (κ3) is 9.18. The summed E-state index contributed by atoms with van der Waals surface area (Å²) in [5.74, 6) is -0.874. The zero-order valence-electron chi connectivity index (χ0n) is 11.1. The minimum atomic E-state index is -1.19. The molecule has 19 heavy (non-hydrogen) atoms. The summed E-state index contributed by atoms with van der Waals surface area (Å²) >= 11 is 1.67. The fraction of sp³-hybridized carbons (Fsp3) is 0.727. The highest BCUT2D eigenvalue weighted by Gasteiger charge is 2.20. The van der Waals surface area contributed by atoms with Crippen LogP contribution in [-0.2, 0) is 9.59 Å². The number of carboxylic acids is 1. The fourth-order valence-corrected chi connectivity index (χ4v) is 1.92. The van der Waals surface area contributed by atoms with E-state index in [0.29, 0.717) is 0 Å². The largest absolute Gasteiger partial charge is 0.480 e. The van der Waals surface area contributed by atoms with Crippen molar-refractivity contribution >= 4 is 29.7 Å². The zero-order chi connectivity index (χ0) is 14.8. The Labute approximate surface area is 116 Å². The van der Waals surface area contributed by atoms with E-state index >= 15 is 0 Å². The van der Waals surface area contributed by atoms with Gasteiger partial charge >= 0.3 is 12.0 Å². The topological polar surface area (TPSA) is 122 Å². The molecule has 0 aromatic heterocycles. The maximum absolute atomic E-state index is 11.6. The molecule has 0 aliphatic carbocycles. The molecule has 110 valence electrons. The van der Waals surface area contributed by atoms with Crippen LogP contribution in [0.3, 0.4) is 0 Å². The van der Waals surface area contributed by atoms with Crippen LogP contribution in [-0.4, -0.2) is 47.1 Å². The van der Waals surface area contributed by atoms with Crippen molar-refractivity contribution in [2.45, 2.75) is 38.3 Å². The van der Waals surface area contributed by atoms with Crippen molar-refractivity contribution in [3.63, 3.8) is 0 Å². The van der Waals surface area contributed by atoms with Gasteiger partial charge in [-0.05, 0) is 31.8 Å². The molecular formula is C11H21N3O4S. The predicted octanol–water partition coefficient (Wildman–Crippen LogP) is 0.146. The molecule has 0 aromatic rings. The Morgan fingerprint density at radius 2 is 1.89 bits per heavy atom. The molecule has 3 amide bonds. The number of primary amides is 1.